The molecule has 0 saturated heterocycles. The fraction of sp³-hybridized carbons (Fsp3) is 0.0714. The monoisotopic (exact) mass is 330 g/mol. The van der Waals surface area contributed by atoms with E-state index in [9.17, 15) is 13.2 Å². The zero-order chi connectivity index (χ0) is 15.6. The van der Waals surface area contributed by atoms with Gasteiger partial charge in [0, 0.05) is 5.02 Å². The van der Waals surface area contributed by atoms with Crippen molar-refractivity contribution in [2.45, 2.75) is 6.18 Å². The van der Waals surface area contributed by atoms with Crippen LogP contribution in [0, 0.1) is 11.3 Å². The molecule has 7 heteroatoms. The first kappa shape index (κ1) is 15.5. The van der Waals surface area contributed by atoms with E-state index in [4.69, 9.17) is 28.5 Å². The summed E-state index contributed by atoms with van der Waals surface area (Å²) in [7, 11) is 0. The molecular formula is C14H7Cl2F3N2. The fourth-order valence-electron chi connectivity index (χ4n) is 1.66. The molecule has 0 aliphatic carbocycles. The Morgan fingerprint density at radius 2 is 1.71 bits per heavy atom. The molecule has 108 valence electrons. The maximum Gasteiger partial charge on any atom is 0.416 e. The molecule has 0 heterocycles. The van der Waals surface area contributed by atoms with Crippen LogP contribution in [0.25, 0.3) is 0 Å². The van der Waals surface area contributed by atoms with Gasteiger partial charge in [-0.05, 0) is 36.4 Å². The zero-order valence-electron chi connectivity index (χ0n) is 10.3. The number of hydrogen-bond donors (Lipinski definition) is 1. The summed E-state index contributed by atoms with van der Waals surface area (Å²) in [5, 5.41) is 12.1. The lowest BCUT2D eigenvalue weighted by Gasteiger charge is -2.13. The minimum absolute atomic E-state index is 0.103. The number of benzene rings is 2. The predicted octanol–water partition coefficient (Wildman–Crippen LogP) is 5.63. The molecule has 0 atom stereocenters. The van der Waals surface area contributed by atoms with Gasteiger partial charge in [-0.25, -0.2) is 0 Å². The maximum atomic E-state index is 12.6. The number of nitrogens with zero attached hydrogens (tertiary/aromatic N) is 1. The fourth-order valence-corrected chi connectivity index (χ4v) is 2.06. The first-order chi connectivity index (χ1) is 9.81. The topological polar surface area (TPSA) is 35.8 Å². The van der Waals surface area contributed by atoms with Gasteiger partial charge in [0.05, 0.1) is 27.5 Å². The van der Waals surface area contributed by atoms with Crippen LogP contribution >= 0.6 is 23.2 Å². The quantitative estimate of drug-likeness (QED) is 0.774. The van der Waals surface area contributed by atoms with E-state index in [1.165, 1.54) is 18.2 Å². The summed E-state index contributed by atoms with van der Waals surface area (Å²) in [6.45, 7) is 0. The Balaban J connectivity index is 2.37. The molecule has 0 fully saturated rings. The molecule has 0 radical (unpaired) electrons. The summed E-state index contributed by atoms with van der Waals surface area (Å²) in [6.07, 6.45) is -4.46. The van der Waals surface area contributed by atoms with Crippen LogP contribution in [0.15, 0.2) is 36.4 Å². The lowest BCUT2D eigenvalue weighted by atomic mass is 10.1. The van der Waals surface area contributed by atoms with Crippen molar-refractivity contribution in [1.82, 2.24) is 0 Å². The van der Waals surface area contributed by atoms with Gasteiger partial charge < -0.3 is 5.32 Å². The second-order valence-electron chi connectivity index (χ2n) is 4.12. The largest absolute Gasteiger partial charge is 0.416 e. The van der Waals surface area contributed by atoms with Crippen LogP contribution < -0.4 is 5.32 Å². The van der Waals surface area contributed by atoms with E-state index in [0.29, 0.717) is 16.3 Å². The number of nitriles is 1. The highest BCUT2D eigenvalue weighted by atomic mass is 35.5. The standard InChI is InChI=1S/C14H7Cl2F3N2/c15-10-3-1-8(7-20)13(6-10)21-12-4-2-9(5-11(12)16)14(17,18)19/h1-6,21H. The number of alkyl halides is 3. The van der Waals surface area contributed by atoms with Crippen molar-refractivity contribution in [1.29, 1.82) is 5.26 Å². The average Bonchev–Trinajstić information content (AvgIpc) is 2.40. The third kappa shape index (κ3) is 3.60. The Morgan fingerprint density at radius 3 is 2.29 bits per heavy atom. The Hall–Kier alpha value is -1.90. The van der Waals surface area contributed by atoms with Gasteiger partial charge in [0.15, 0.2) is 0 Å². The van der Waals surface area contributed by atoms with Crippen LogP contribution in [0.3, 0.4) is 0 Å². The van der Waals surface area contributed by atoms with Crippen molar-refractivity contribution < 1.29 is 13.2 Å². The molecule has 0 aromatic heterocycles. The second-order valence-corrected chi connectivity index (χ2v) is 4.96. The van der Waals surface area contributed by atoms with E-state index in [0.717, 1.165) is 12.1 Å². The van der Waals surface area contributed by atoms with E-state index < -0.39 is 11.7 Å². The molecule has 0 bridgehead atoms. The van der Waals surface area contributed by atoms with E-state index in [-0.39, 0.29) is 10.7 Å². The highest BCUT2D eigenvalue weighted by Crippen LogP contribution is 2.35. The summed E-state index contributed by atoms with van der Waals surface area (Å²) in [6, 6.07) is 9.42. The third-order valence-corrected chi connectivity index (χ3v) is 3.22. The molecule has 2 aromatic rings. The first-order valence-electron chi connectivity index (χ1n) is 5.64. The normalized spacial score (nSPS) is 11.0. The molecule has 0 aliphatic heterocycles. The van der Waals surface area contributed by atoms with Gasteiger partial charge in [0.1, 0.15) is 6.07 Å². The van der Waals surface area contributed by atoms with Gasteiger partial charge in [0.2, 0.25) is 0 Å². The Labute approximate surface area is 128 Å². The molecular weight excluding hydrogens is 324 g/mol. The van der Waals surface area contributed by atoms with Gasteiger partial charge in [-0.15, -0.1) is 0 Å². The number of rotatable bonds is 2. The molecule has 2 nitrogen and oxygen atoms in total. The van der Waals surface area contributed by atoms with Crippen LogP contribution in [-0.2, 0) is 6.18 Å². The van der Waals surface area contributed by atoms with Crippen LogP contribution in [0.5, 0.6) is 0 Å². The molecule has 2 rings (SSSR count). The molecule has 1 N–H and O–H groups in total. The molecule has 0 aliphatic rings. The van der Waals surface area contributed by atoms with E-state index >= 15 is 0 Å². The van der Waals surface area contributed by atoms with Crippen molar-refractivity contribution in [2.24, 2.45) is 0 Å². The van der Waals surface area contributed by atoms with E-state index in [1.54, 1.807) is 6.07 Å². The smallest absolute Gasteiger partial charge is 0.353 e. The molecule has 0 spiro atoms. The maximum absolute atomic E-state index is 12.6. The summed E-state index contributed by atoms with van der Waals surface area (Å²) in [5.41, 5.74) is 0.0788. The van der Waals surface area contributed by atoms with Gasteiger partial charge in [-0.2, -0.15) is 18.4 Å². The van der Waals surface area contributed by atoms with Gasteiger partial charge in [0.25, 0.3) is 0 Å². The van der Waals surface area contributed by atoms with Gasteiger partial charge in [-0.3, -0.25) is 0 Å². The molecule has 0 saturated carbocycles. The van der Waals surface area contributed by atoms with Crippen molar-refractivity contribution in [3.05, 3.63) is 57.6 Å². The Bertz CT molecular complexity index is 721. The lowest BCUT2D eigenvalue weighted by Crippen LogP contribution is -2.05. The summed E-state index contributed by atoms with van der Waals surface area (Å²) in [5.74, 6) is 0. The summed E-state index contributed by atoms with van der Waals surface area (Å²) < 4.78 is 37.7. The van der Waals surface area contributed by atoms with Gasteiger partial charge >= 0.3 is 6.18 Å². The molecule has 0 amide bonds. The SMILES string of the molecule is N#Cc1ccc(Cl)cc1Nc1ccc(C(F)(F)F)cc1Cl. The highest BCUT2D eigenvalue weighted by molar-refractivity contribution is 6.33. The van der Waals surface area contributed by atoms with E-state index in [2.05, 4.69) is 5.32 Å². The minimum atomic E-state index is -4.46. The van der Waals surface area contributed by atoms with Crippen molar-refractivity contribution in [3.63, 3.8) is 0 Å². The van der Waals surface area contributed by atoms with Gasteiger partial charge in [-0.1, -0.05) is 23.2 Å². The van der Waals surface area contributed by atoms with E-state index in [1.807, 2.05) is 6.07 Å². The predicted molar refractivity (Wildman–Crippen MR) is 75.9 cm³/mol. The molecule has 2 aromatic carbocycles. The lowest BCUT2D eigenvalue weighted by molar-refractivity contribution is -0.137. The van der Waals surface area contributed by atoms with Crippen LogP contribution in [0.2, 0.25) is 10.0 Å². The summed E-state index contributed by atoms with van der Waals surface area (Å²) >= 11 is 11.7. The Morgan fingerprint density at radius 1 is 1.00 bits per heavy atom. The van der Waals surface area contributed by atoms with Crippen molar-refractivity contribution in [3.8, 4) is 6.07 Å². The molecule has 0 unspecified atom stereocenters. The number of hydrogen-bond acceptors (Lipinski definition) is 2. The van der Waals surface area contributed by atoms with Crippen molar-refractivity contribution >= 4 is 34.6 Å². The zero-order valence-corrected chi connectivity index (χ0v) is 11.8. The van der Waals surface area contributed by atoms with Crippen molar-refractivity contribution in [2.75, 3.05) is 5.32 Å². The number of nitrogens with one attached hydrogen (secondary N) is 1. The first-order valence-corrected chi connectivity index (χ1v) is 6.40. The summed E-state index contributed by atoms with van der Waals surface area (Å²) in [4.78, 5) is 0. The van der Waals surface area contributed by atoms with Crippen LogP contribution in [0.4, 0.5) is 24.5 Å². The average molecular weight is 331 g/mol. The Kier molecular flexibility index (Phi) is 4.31. The van der Waals surface area contributed by atoms with Crippen LogP contribution in [-0.4, -0.2) is 0 Å². The van der Waals surface area contributed by atoms with Crippen LogP contribution in [0.1, 0.15) is 11.1 Å². The molecule has 21 heavy (non-hydrogen) atoms. The third-order valence-electron chi connectivity index (χ3n) is 2.67. The highest BCUT2D eigenvalue weighted by Gasteiger charge is 2.30. The second kappa shape index (κ2) is 5.84. The number of anilines is 2. The number of halogens is 5. The minimum Gasteiger partial charge on any atom is -0.353 e.